The molecule has 0 bridgehead atoms. The quantitative estimate of drug-likeness (QED) is 0.668. The Morgan fingerprint density at radius 2 is 1.93 bits per heavy atom. The van der Waals surface area contributed by atoms with E-state index in [1.165, 1.54) is 0 Å². The smallest absolute Gasteiger partial charge is 0.175 e. The Kier molecular flexibility index (Phi) is 5.25. The minimum atomic E-state index is 0.435. The van der Waals surface area contributed by atoms with Crippen LogP contribution in [0.5, 0.6) is 5.75 Å². The molecule has 1 atom stereocenters. The molecule has 2 aromatic heterocycles. The van der Waals surface area contributed by atoms with Crippen LogP contribution < -0.4 is 9.64 Å². The van der Waals surface area contributed by atoms with Crippen molar-refractivity contribution in [2.45, 2.75) is 19.8 Å². The van der Waals surface area contributed by atoms with Crippen molar-refractivity contribution in [2.75, 3.05) is 24.6 Å². The lowest BCUT2D eigenvalue weighted by Gasteiger charge is -2.33. The van der Waals surface area contributed by atoms with Crippen molar-refractivity contribution in [3.05, 3.63) is 59.4 Å². The molecule has 0 spiro atoms. The second-order valence-corrected chi connectivity index (χ2v) is 7.25. The average molecular weight is 384 g/mol. The second kappa shape index (κ2) is 7.96. The number of aromatic nitrogens is 4. The summed E-state index contributed by atoms with van der Waals surface area (Å²) < 4.78 is 7.67. The third-order valence-corrected chi connectivity index (χ3v) is 5.06. The number of aryl methyl sites for hydroxylation is 1. The summed E-state index contributed by atoms with van der Waals surface area (Å²) in [6.45, 7) is 4.49. The molecule has 1 aromatic carbocycles. The Bertz CT molecular complexity index is 895. The van der Waals surface area contributed by atoms with Crippen LogP contribution in [0.25, 0.3) is 5.82 Å². The van der Waals surface area contributed by atoms with Crippen LogP contribution in [0.15, 0.2) is 48.7 Å². The van der Waals surface area contributed by atoms with Crippen LogP contribution in [0.1, 0.15) is 18.5 Å². The lowest BCUT2D eigenvalue weighted by Crippen LogP contribution is -2.38. The first-order chi connectivity index (χ1) is 13.2. The lowest BCUT2D eigenvalue weighted by molar-refractivity contribution is 0.228. The zero-order valence-corrected chi connectivity index (χ0v) is 16.0. The van der Waals surface area contributed by atoms with Crippen LogP contribution in [0.2, 0.25) is 5.02 Å². The summed E-state index contributed by atoms with van der Waals surface area (Å²) in [5.74, 6) is 2.80. The van der Waals surface area contributed by atoms with Gasteiger partial charge in [0.05, 0.1) is 17.3 Å². The zero-order valence-electron chi connectivity index (χ0n) is 15.3. The highest BCUT2D eigenvalue weighted by molar-refractivity contribution is 6.32. The fourth-order valence-electron chi connectivity index (χ4n) is 3.33. The number of para-hydroxylation sites is 1. The van der Waals surface area contributed by atoms with E-state index < -0.39 is 0 Å². The first-order valence-electron chi connectivity index (χ1n) is 9.18. The van der Waals surface area contributed by atoms with Gasteiger partial charge in [0.25, 0.3) is 0 Å². The molecule has 0 saturated carbocycles. The Morgan fingerprint density at radius 3 is 2.67 bits per heavy atom. The van der Waals surface area contributed by atoms with Crippen molar-refractivity contribution >= 4 is 17.4 Å². The topological polar surface area (TPSA) is 56.1 Å². The van der Waals surface area contributed by atoms with E-state index >= 15 is 0 Å². The van der Waals surface area contributed by atoms with E-state index in [9.17, 15) is 0 Å². The molecule has 0 aliphatic carbocycles. The maximum atomic E-state index is 6.17. The second-order valence-electron chi connectivity index (χ2n) is 6.85. The number of hydrogen-bond acceptors (Lipinski definition) is 5. The highest BCUT2D eigenvalue weighted by atomic mass is 35.5. The molecular weight excluding hydrogens is 362 g/mol. The summed E-state index contributed by atoms with van der Waals surface area (Å²) in [6.07, 6.45) is 4.14. The summed E-state index contributed by atoms with van der Waals surface area (Å²) >= 11 is 6.17. The first-order valence-corrected chi connectivity index (χ1v) is 9.55. The fraction of sp³-hybridized carbons (Fsp3) is 0.350. The molecule has 0 N–H and O–H groups in total. The minimum absolute atomic E-state index is 0.435. The molecule has 0 amide bonds. The van der Waals surface area contributed by atoms with Crippen molar-refractivity contribution in [3.8, 4) is 11.6 Å². The van der Waals surface area contributed by atoms with Crippen LogP contribution in [0, 0.1) is 12.8 Å². The molecule has 0 radical (unpaired) electrons. The van der Waals surface area contributed by atoms with Crippen LogP contribution >= 0.6 is 11.6 Å². The van der Waals surface area contributed by atoms with Crippen molar-refractivity contribution in [1.82, 2.24) is 20.0 Å². The van der Waals surface area contributed by atoms with Gasteiger partial charge >= 0.3 is 0 Å². The number of ether oxygens (including phenoxy) is 1. The van der Waals surface area contributed by atoms with Crippen molar-refractivity contribution in [2.24, 2.45) is 5.92 Å². The van der Waals surface area contributed by atoms with Gasteiger partial charge in [0.1, 0.15) is 5.75 Å². The Hall–Kier alpha value is -2.60. The number of nitrogens with zero attached hydrogens (tertiary/aromatic N) is 5. The monoisotopic (exact) mass is 383 g/mol. The molecule has 1 fully saturated rings. The summed E-state index contributed by atoms with van der Waals surface area (Å²) in [5, 5.41) is 13.8. The molecule has 1 saturated heterocycles. The van der Waals surface area contributed by atoms with Crippen molar-refractivity contribution in [3.63, 3.8) is 0 Å². The molecule has 3 heterocycles. The number of hydrogen-bond donors (Lipinski definition) is 0. The molecule has 3 aromatic rings. The normalized spacial score (nSPS) is 17.1. The molecule has 4 rings (SSSR count). The number of benzene rings is 1. The molecular formula is C20H22ClN5O. The van der Waals surface area contributed by atoms with Gasteiger partial charge in [-0.2, -0.15) is 5.10 Å². The van der Waals surface area contributed by atoms with E-state index in [-0.39, 0.29) is 0 Å². The van der Waals surface area contributed by atoms with E-state index in [1.807, 2.05) is 55.6 Å². The summed E-state index contributed by atoms with van der Waals surface area (Å²) in [4.78, 5) is 2.27. The maximum Gasteiger partial charge on any atom is 0.175 e. The van der Waals surface area contributed by atoms with E-state index in [0.717, 1.165) is 49.0 Å². The summed E-state index contributed by atoms with van der Waals surface area (Å²) in [5.41, 5.74) is 0.957. The molecule has 27 heavy (non-hydrogen) atoms. The SMILES string of the molecule is Cc1ccn(-c2ccc(N3CCCC(COc4ccccc4Cl)C3)nn2)n1. The summed E-state index contributed by atoms with van der Waals surface area (Å²) in [7, 11) is 0. The minimum Gasteiger partial charge on any atom is -0.492 e. The van der Waals surface area contributed by atoms with E-state index in [0.29, 0.717) is 17.5 Å². The Morgan fingerprint density at radius 1 is 1.11 bits per heavy atom. The van der Waals surface area contributed by atoms with Gasteiger partial charge in [-0.05, 0) is 50.1 Å². The highest BCUT2D eigenvalue weighted by Gasteiger charge is 2.22. The molecule has 1 unspecified atom stereocenters. The largest absolute Gasteiger partial charge is 0.492 e. The standard InChI is InChI=1S/C20H22ClN5O/c1-15-10-12-26(24-15)20-9-8-19(22-23-20)25-11-4-5-16(13-25)14-27-18-7-3-2-6-17(18)21/h2-3,6-10,12,16H,4-5,11,13-14H2,1H3. The van der Waals surface area contributed by atoms with Gasteiger partial charge in [-0.3, -0.25) is 0 Å². The van der Waals surface area contributed by atoms with Crippen molar-refractivity contribution in [1.29, 1.82) is 0 Å². The lowest BCUT2D eigenvalue weighted by atomic mass is 9.99. The van der Waals surface area contributed by atoms with Crippen LogP contribution in [-0.4, -0.2) is 39.7 Å². The zero-order chi connectivity index (χ0) is 18.6. The maximum absolute atomic E-state index is 6.17. The first kappa shape index (κ1) is 17.8. The number of halogens is 1. The third kappa shape index (κ3) is 4.22. The van der Waals surface area contributed by atoms with E-state index in [4.69, 9.17) is 16.3 Å². The average Bonchev–Trinajstić information content (AvgIpc) is 3.14. The fourth-order valence-corrected chi connectivity index (χ4v) is 3.52. The Labute approximate surface area is 163 Å². The predicted octanol–water partition coefficient (Wildman–Crippen LogP) is 3.92. The molecule has 7 heteroatoms. The highest BCUT2D eigenvalue weighted by Crippen LogP contribution is 2.26. The van der Waals surface area contributed by atoms with Gasteiger partial charge < -0.3 is 9.64 Å². The van der Waals surface area contributed by atoms with Gasteiger partial charge in [-0.25, -0.2) is 4.68 Å². The number of rotatable bonds is 5. The molecule has 6 nitrogen and oxygen atoms in total. The van der Waals surface area contributed by atoms with Gasteiger partial charge in [-0.1, -0.05) is 23.7 Å². The van der Waals surface area contributed by atoms with Gasteiger partial charge in [0, 0.05) is 25.2 Å². The molecule has 1 aliphatic rings. The summed E-state index contributed by atoms with van der Waals surface area (Å²) in [6, 6.07) is 13.5. The van der Waals surface area contributed by atoms with Crippen molar-refractivity contribution < 1.29 is 4.74 Å². The van der Waals surface area contributed by atoms with Gasteiger partial charge in [-0.15, -0.1) is 10.2 Å². The van der Waals surface area contributed by atoms with Gasteiger partial charge in [0.2, 0.25) is 0 Å². The van der Waals surface area contributed by atoms with E-state index in [2.05, 4.69) is 20.2 Å². The van der Waals surface area contributed by atoms with Crippen LogP contribution in [0.4, 0.5) is 5.82 Å². The molecule has 1 aliphatic heterocycles. The Balaban J connectivity index is 1.38. The van der Waals surface area contributed by atoms with E-state index in [1.54, 1.807) is 4.68 Å². The van der Waals surface area contributed by atoms with Crippen LogP contribution in [0.3, 0.4) is 0 Å². The third-order valence-electron chi connectivity index (χ3n) is 4.75. The predicted molar refractivity (Wildman–Crippen MR) is 106 cm³/mol. The molecule has 140 valence electrons. The van der Waals surface area contributed by atoms with Crippen LogP contribution in [-0.2, 0) is 0 Å². The van der Waals surface area contributed by atoms with Gasteiger partial charge in [0.15, 0.2) is 11.6 Å². The number of piperidine rings is 1. The number of anilines is 1.